The fourth-order valence-corrected chi connectivity index (χ4v) is 2.50. The van der Waals surface area contributed by atoms with Gasteiger partial charge in [0.15, 0.2) is 0 Å². The van der Waals surface area contributed by atoms with Gasteiger partial charge in [0.1, 0.15) is 0 Å². The van der Waals surface area contributed by atoms with E-state index in [9.17, 15) is 4.79 Å². The lowest BCUT2D eigenvalue weighted by atomic mass is 10.1. The summed E-state index contributed by atoms with van der Waals surface area (Å²) in [6.07, 6.45) is 4.72. The van der Waals surface area contributed by atoms with E-state index in [0.717, 1.165) is 19.5 Å². The van der Waals surface area contributed by atoms with E-state index in [4.69, 9.17) is 0 Å². The summed E-state index contributed by atoms with van der Waals surface area (Å²) in [6.45, 7) is 2.19. The third-order valence-electron chi connectivity index (χ3n) is 3.61. The molecule has 0 atom stereocenters. The number of hydrogen-bond acceptors (Lipinski definition) is 4. The van der Waals surface area contributed by atoms with Crippen molar-refractivity contribution in [2.45, 2.75) is 25.9 Å². The number of fused-ring (bicyclic) bond motifs is 1. The Morgan fingerprint density at radius 2 is 1.76 bits per heavy atom. The van der Waals surface area contributed by atoms with Gasteiger partial charge in [0.2, 0.25) is 11.9 Å². The average Bonchev–Trinajstić information content (AvgIpc) is 2.96. The number of carbonyl (C=O) groups is 1. The molecule has 1 aliphatic rings. The second kappa shape index (κ2) is 6.35. The first-order valence-electron chi connectivity index (χ1n) is 7.18. The van der Waals surface area contributed by atoms with E-state index in [-0.39, 0.29) is 5.91 Å². The summed E-state index contributed by atoms with van der Waals surface area (Å²) >= 11 is 0. The number of benzene rings is 1. The molecule has 2 aromatic rings. The Bertz CT molecular complexity index is 590. The van der Waals surface area contributed by atoms with Crippen molar-refractivity contribution in [2.24, 2.45) is 0 Å². The maximum Gasteiger partial charge on any atom is 0.223 e. The molecule has 0 saturated heterocycles. The van der Waals surface area contributed by atoms with Gasteiger partial charge in [-0.2, -0.15) is 0 Å². The van der Waals surface area contributed by atoms with Crippen molar-refractivity contribution in [3.63, 3.8) is 0 Å². The summed E-state index contributed by atoms with van der Waals surface area (Å²) in [5.41, 5.74) is 2.53. The van der Waals surface area contributed by atoms with Crippen LogP contribution in [-0.4, -0.2) is 27.3 Å². The minimum atomic E-state index is 0.210. The zero-order valence-corrected chi connectivity index (χ0v) is 11.8. The monoisotopic (exact) mass is 282 g/mol. The third kappa shape index (κ3) is 3.37. The van der Waals surface area contributed by atoms with Gasteiger partial charge >= 0.3 is 0 Å². The lowest BCUT2D eigenvalue weighted by Gasteiger charge is -2.15. The Balaban J connectivity index is 1.42. The molecule has 0 aliphatic carbocycles. The van der Waals surface area contributed by atoms with E-state index in [1.54, 1.807) is 18.5 Å². The molecule has 0 unspecified atom stereocenters. The molecule has 0 fully saturated rings. The van der Waals surface area contributed by atoms with Gasteiger partial charge in [-0.3, -0.25) is 4.79 Å². The molecule has 1 amide bonds. The van der Waals surface area contributed by atoms with E-state index >= 15 is 0 Å². The van der Waals surface area contributed by atoms with E-state index < -0.39 is 0 Å². The number of aromatic nitrogens is 2. The Morgan fingerprint density at radius 3 is 2.43 bits per heavy atom. The van der Waals surface area contributed by atoms with Crippen LogP contribution in [0.4, 0.5) is 5.95 Å². The molecule has 3 rings (SSSR count). The average molecular weight is 282 g/mol. The standard InChI is InChI=1S/C16H18N4O/c21-15(7-3-8-17-16-18-9-4-10-19-16)20-11-13-5-1-2-6-14(13)12-20/h1-2,4-6,9-10H,3,7-8,11-12H2,(H,17,18,19). The maximum atomic E-state index is 12.2. The lowest BCUT2D eigenvalue weighted by molar-refractivity contribution is -0.131. The van der Waals surface area contributed by atoms with Crippen LogP contribution in [0.15, 0.2) is 42.7 Å². The minimum Gasteiger partial charge on any atom is -0.354 e. The molecule has 2 heterocycles. The molecule has 5 heteroatoms. The van der Waals surface area contributed by atoms with Crippen LogP contribution in [0.1, 0.15) is 24.0 Å². The summed E-state index contributed by atoms with van der Waals surface area (Å²) in [4.78, 5) is 22.3. The molecule has 1 N–H and O–H groups in total. The molecule has 21 heavy (non-hydrogen) atoms. The minimum absolute atomic E-state index is 0.210. The van der Waals surface area contributed by atoms with Crippen LogP contribution in [0, 0.1) is 0 Å². The number of rotatable bonds is 5. The fraction of sp³-hybridized carbons (Fsp3) is 0.312. The highest BCUT2D eigenvalue weighted by Gasteiger charge is 2.22. The van der Waals surface area contributed by atoms with Crippen LogP contribution < -0.4 is 5.32 Å². The SMILES string of the molecule is O=C(CCCNc1ncccn1)N1Cc2ccccc2C1. The molecule has 0 bridgehead atoms. The number of amides is 1. The molecule has 1 aromatic heterocycles. The van der Waals surface area contributed by atoms with Gasteiger partial charge in [-0.1, -0.05) is 24.3 Å². The summed E-state index contributed by atoms with van der Waals surface area (Å²) in [7, 11) is 0. The summed E-state index contributed by atoms with van der Waals surface area (Å²) in [5, 5.41) is 3.11. The first kappa shape index (κ1) is 13.5. The zero-order valence-electron chi connectivity index (χ0n) is 11.8. The smallest absolute Gasteiger partial charge is 0.223 e. The molecule has 1 aromatic carbocycles. The molecule has 0 radical (unpaired) electrons. The molecule has 0 spiro atoms. The van der Waals surface area contributed by atoms with Crippen molar-refractivity contribution >= 4 is 11.9 Å². The van der Waals surface area contributed by atoms with Crippen molar-refractivity contribution in [3.8, 4) is 0 Å². The van der Waals surface area contributed by atoms with Crippen LogP contribution >= 0.6 is 0 Å². The highest BCUT2D eigenvalue weighted by Crippen LogP contribution is 2.22. The normalized spacial score (nSPS) is 13.0. The maximum absolute atomic E-state index is 12.2. The molecule has 5 nitrogen and oxygen atoms in total. The van der Waals surface area contributed by atoms with Gasteiger partial charge in [0.25, 0.3) is 0 Å². The van der Waals surface area contributed by atoms with Crippen molar-refractivity contribution in [2.75, 3.05) is 11.9 Å². The highest BCUT2D eigenvalue weighted by atomic mass is 16.2. The van der Waals surface area contributed by atoms with Gasteiger partial charge in [-0.05, 0) is 23.6 Å². The second-order valence-corrected chi connectivity index (χ2v) is 5.12. The Hall–Kier alpha value is -2.43. The molecule has 108 valence electrons. The Morgan fingerprint density at radius 1 is 1.10 bits per heavy atom. The van der Waals surface area contributed by atoms with E-state index in [1.807, 2.05) is 17.0 Å². The topological polar surface area (TPSA) is 58.1 Å². The number of nitrogens with zero attached hydrogens (tertiary/aromatic N) is 3. The van der Waals surface area contributed by atoms with Crippen molar-refractivity contribution in [1.82, 2.24) is 14.9 Å². The van der Waals surface area contributed by atoms with Crippen molar-refractivity contribution in [3.05, 3.63) is 53.9 Å². The van der Waals surface area contributed by atoms with Crippen molar-refractivity contribution < 1.29 is 4.79 Å². The van der Waals surface area contributed by atoms with E-state index in [0.29, 0.717) is 18.9 Å². The number of nitrogens with one attached hydrogen (secondary N) is 1. The second-order valence-electron chi connectivity index (χ2n) is 5.12. The third-order valence-corrected chi connectivity index (χ3v) is 3.61. The van der Waals surface area contributed by atoms with Gasteiger partial charge in [0.05, 0.1) is 0 Å². The van der Waals surface area contributed by atoms with Crippen LogP contribution in [0.3, 0.4) is 0 Å². The van der Waals surface area contributed by atoms with Gasteiger partial charge in [0, 0.05) is 38.4 Å². The van der Waals surface area contributed by atoms with Crippen molar-refractivity contribution in [1.29, 1.82) is 0 Å². The highest BCUT2D eigenvalue weighted by molar-refractivity contribution is 5.77. The van der Waals surface area contributed by atoms with Gasteiger partial charge in [-0.15, -0.1) is 0 Å². The first-order valence-corrected chi connectivity index (χ1v) is 7.18. The molecule has 0 saturated carbocycles. The van der Waals surface area contributed by atoms with Gasteiger partial charge in [-0.25, -0.2) is 9.97 Å². The summed E-state index contributed by atoms with van der Waals surface area (Å²) in [5.74, 6) is 0.820. The molecular formula is C16H18N4O. The van der Waals surface area contributed by atoms with Gasteiger partial charge < -0.3 is 10.2 Å². The largest absolute Gasteiger partial charge is 0.354 e. The number of anilines is 1. The predicted octanol–water partition coefficient (Wildman–Crippen LogP) is 2.21. The van der Waals surface area contributed by atoms with Crippen LogP contribution in [0.25, 0.3) is 0 Å². The van der Waals surface area contributed by atoms with E-state index in [1.165, 1.54) is 11.1 Å². The number of carbonyl (C=O) groups excluding carboxylic acids is 1. The quantitative estimate of drug-likeness (QED) is 0.854. The van der Waals surface area contributed by atoms with Crippen LogP contribution in [0.5, 0.6) is 0 Å². The fourth-order valence-electron chi connectivity index (χ4n) is 2.50. The first-order chi connectivity index (χ1) is 10.3. The number of hydrogen-bond donors (Lipinski definition) is 1. The predicted molar refractivity (Wildman–Crippen MR) is 80.5 cm³/mol. The van der Waals surface area contributed by atoms with Crippen LogP contribution in [-0.2, 0) is 17.9 Å². The summed E-state index contributed by atoms with van der Waals surface area (Å²) in [6, 6.07) is 10.0. The summed E-state index contributed by atoms with van der Waals surface area (Å²) < 4.78 is 0. The van der Waals surface area contributed by atoms with Crippen LogP contribution in [0.2, 0.25) is 0 Å². The Kier molecular flexibility index (Phi) is 4.09. The Labute approximate surface area is 124 Å². The molecule has 1 aliphatic heterocycles. The lowest BCUT2D eigenvalue weighted by Crippen LogP contribution is -2.25. The van der Waals surface area contributed by atoms with E-state index in [2.05, 4.69) is 27.4 Å². The zero-order chi connectivity index (χ0) is 14.5. The molecular weight excluding hydrogens is 264 g/mol.